The number of aryl methyl sites for hydroxylation is 2. The zero-order valence-electron chi connectivity index (χ0n) is 16.0. The standard InChI is InChI=1S/C21H28N2O3S/c1-16-5-6-19(12-17(16)2)14-22-13-18-7-9-21(10-8-18)27(24,25)23-15-20-4-3-11-26-20/h5-10,12,20,22-23H,3-4,11,13-15H2,1-2H3. The van der Waals surface area contributed by atoms with Gasteiger partial charge in [-0.2, -0.15) is 0 Å². The highest BCUT2D eigenvalue weighted by molar-refractivity contribution is 7.89. The van der Waals surface area contributed by atoms with Crippen LogP contribution in [0.3, 0.4) is 0 Å². The van der Waals surface area contributed by atoms with E-state index < -0.39 is 10.0 Å². The number of rotatable bonds is 8. The molecule has 1 aliphatic heterocycles. The van der Waals surface area contributed by atoms with Gasteiger partial charge in [-0.25, -0.2) is 13.1 Å². The first-order valence-electron chi connectivity index (χ1n) is 9.41. The number of benzene rings is 2. The molecule has 0 amide bonds. The molecule has 0 saturated carbocycles. The Morgan fingerprint density at radius 2 is 1.70 bits per heavy atom. The highest BCUT2D eigenvalue weighted by Crippen LogP contribution is 2.14. The van der Waals surface area contributed by atoms with Crippen LogP contribution in [-0.2, 0) is 27.8 Å². The summed E-state index contributed by atoms with van der Waals surface area (Å²) in [6.45, 7) is 6.75. The molecule has 0 spiro atoms. The van der Waals surface area contributed by atoms with Crippen LogP contribution in [0, 0.1) is 13.8 Å². The summed E-state index contributed by atoms with van der Waals surface area (Å²) in [7, 11) is -3.49. The summed E-state index contributed by atoms with van der Waals surface area (Å²) in [6.07, 6.45) is 1.90. The first-order chi connectivity index (χ1) is 12.9. The topological polar surface area (TPSA) is 67.4 Å². The van der Waals surface area contributed by atoms with Gasteiger partial charge in [-0.1, -0.05) is 30.3 Å². The largest absolute Gasteiger partial charge is 0.377 e. The van der Waals surface area contributed by atoms with E-state index in [-0.39, 0.29) is 6.10 Å². The van der Waals surface area contributed by atoms with E-state index in [4.69, 9.17) is 4.74 Å². The number of sulfonamides is 1. The average Bonchev–Trinajstić information content (AvgIpc) is 3.17. The highest BCUT2D eigenvalue weighted by Gasteiger charge is 2.20. The summed E-state index contributed by atoms with van der Waals surface area (Å²) in [6, 6.07) is 13.5. The molecule has 0 aromatic heterocycles. The van der Waals surface area contributed by atoms with Crippen molar-refractivity contribution >= 4 is 10.0 Å². The van der Waals surface area contributed by atoms with Crippen molar-refractivity contribution < 1.29 is 13.2 Å². The summed E-state index contributed by atoms with van der Waals surface area (Å²) in [5, 5.41) is 3.40. The molecule has 5 nitrogen and oxygen atoms in total. The van der Waals surface area contributed by atoms with Gasteiger partial charge in [-0.3, -0.25) is 0 Å². The van der Waals surface area contributed by atoms with Crippen molar-refractivity contribution in [3.05, 3.63) is 64.7 Å². The molecule has 1 fully saturated rings. The molecule has 1 saturated heterocycles. The lowest BCUT2D eigenvalue weighted by molar-refractivity contribution is 0.114. The molecule has 2 aromatic carbocycles. The van der Waals surface area contributed by atoms with Gasteiger partial charge in [0, 0.05) is 26.2 Å². The highest BCUT2D eigenvalue weighted by atomic mass is 32.2. The Balaban J connectivity index is 1.50. The van der Waals surface area contributed by atoms with Crippen LogP contribution in [0.25, 0.3) is 0 Å². The zero-order valence-corrected chi connectivity index (χ0v) is 16.8. The van der Waals surface area contributed by atoms with Crippen LogP contribution in [0.1, 0.15) is 35.1 Å². The van der Waals surface area contributed by atoms with Gasteiger partial charge in [0.1, 0.15) is 0 Å². The lowest BCUT2D eigenvalue weighted by Gasteiger charge is -2.12. The van der Waals surface area contributed by atoms with Gasteiger partial charge in [-0.05, 0) is 61.1 Å². The van der Waals surface area contributed by atoms with E-state index in [1.54, 1.807) is 12.1 Å². The summed E-state index contributed by atoms with van der Waals surface area (Å²) < 4.78 is 32.9. The maximum Gasteiger partial charge on any atom is 0.240 e. The summed E-state index contributed by atoms with van der Waals surface area (Å²) in [5.41, 5.74) is 4.88. The van der Waals surface area contributed by atoms with Crippen molar-refractivity contribution in [2.24, 2.45) is 0 Å². The number of ether oxygens (including phenoxy) is 1. The predicted molar refractivity (Wildman–Crippen MR) is 107 cm³/mol. The van der Waals surface area contributed by atoms with Crippen molar-refractivity contribution in [1.82, 2.24) is 10.0 Å². The van der Waals surface area contributed by atoms with Crippen LogP contribution in [0.4, 0.5) is 0 Å². The molecular formula is C21H28N2O3S. The van der Waals surface area contributed by atoms with E-state index >= 15 is 0 Å². The number of nitrogens with one attached hydrogen (secondary N) is 2. The van der Waals surface area contributed by atoms with Crippen LogP contribution in [-0.4, -0.2) is 27.7 Å². The third-order valence-corrected chi connectivity index (χ3v) is 6.43. The van der Waals surface area contributed by atoms with Crippen LogP contribution < -0.4 is 10.0 Å². The maximum absolute atomic E-state index is 12.4. The molecule has 6 heteroatoms. The molecule has 1 atom stereocenters. The first kappa shape index (κ1) is 20.0. The fourth-order valence-corrected chi connectivity index (χ4v) is 4.21. The Labute approximate surface area is 162 Å². The molecule has 1 aliphatic rings. The van der Waals surface area contributed by atoms with E-state index in [0.29, 0.717) is 18.0 Å². The minimum absolute atomic E-state index is 0.00587. The number of hydrogen-bond donors (Lipinski definition) is 2. The lowest BCUT2D eigenvalue weighted by atomic mass is 10.1. The molecule has 2 N–H and O–H groups in total. The fraction of sp³-hybridized carbons (Fsp3) is 0.429. The summed E-state index contributed by atoms with van der Waals surface area (Å²) in [4.78, 5) is 0.290. The van der Waals surface area contributed by atoms with Gasteiger partial charge in [0.2, 0.25) is 10.0 Å². The molecule has 0 bridgehead atoms. The molecule has 146 valence electrons. The van der Waals surface area contributed by atoms with E-state index in [2.05, 4.69) is 42.1 Å². The summed E-state index contributed by atoms with van der Waals surface area (Å²) in [5.74, 6) is 0. The van der Waals surface area contributed by atoms with Crippen LogP contribution >= 0.6 is 0 Å². The van der Waals surface area contributed by atoms with Crippen LogP contribution in [0.15, 0.2) is 47.4 Å². The van der Waals surface area contributed by atoms with E-state index in [0.717, 1.165) is 31.6 Å². The SMILES string of the molecule is Cc1ccc(CNCc2ccc(S(=O)(=O)NCC3CCCO3)cc2)cc1C. The number of hydrogen-bond acceptors (Lipinski definition) is 4. The van der Waals surface area contributed by atoms with Crippen molar-refractivity contribution in [1.29, 1.82) is 0 Å². The van der Waals surface area contributed by atoms with E-state index in [1.807, 2.05) is 12.1 Å². The van der Waals surface area contributed by atoms with Crippen LogP contribution in [0.5, 0.6) is 0 Å². The second-order valence-electron chi connectivity index (χ2n) is 7.15. The summed E-state index contributed by atoms with van der Waals surface area (Å²) >= 11 is 0. The maximum atomic E-state index is 12.4. The zero-order chi connectivity index (χ0) is 19.3. The second kappa shape index (κ2) is 8.97. The van der Waals surface area contributed by atoms with Gasteiger partial charge in [0.05, 0.1) is 11.0 Å². The molecule has 27 heavy (non-hydrogen) atoms. The molecule has 2 aromatic rings. The lowest BCUT2D eigenvalue weighted by Crippen LogP contribution is -2.31. The molecule has 1 unspecified atom stereocenters. The molecule has 3 rings (SSSR count). The van der Waals surface area contributed by atoms with E-state index in [1.165, 1.54) is 16.7 Å². The monoisotopic (exact) mass is 388 g/mol. The molecule has 1 heterocycles. The van der Waals surface area contributed by atoms with Gasteiger partial charge >= 0.3 is 0 Å². The Morgan fingerprint density at radius 1 is 1.00 bits per heavy atom. The first-order valence-corrected chi connectivity index (χ1v) is 10.9. The third kappa shape index (κ3) is 5.62. The van der Waals surface area contributed by atoms with Gasteiger partial charge in [0.25, 0.3) is 0 Å². The van der Waals surface area contributed by atoms with Crippen molar-refractivity contribution in [2.75, 3.05) is 13.2 Å². The predicted octanol–water partition coefficient (Wildman–Crippen LogP) is 3.05. The second-order valence-corrected chi connectivity index (χ2v) is 8.92. The Morgan fingerprint density at radius 3 is 2.37 bits per heavy atom. The quantitative estimate of drug-likeness (QED) is 0.729. The third-order valence-electron chi connectivity index (χ3n) is 4.99. The Hall–Kier alpha value is -1.73. The van der Waals surface area contributed by atoms with Crippen molar-refractivity contribution in [2.45, 2.75) is 50.8 Å². The van der Waals surface area contributed by atoms with Crippen molar-refractivity contribution in [3.8, 4) is 0 Å². The van der Waals surface area contributed by atoms with Crippen molar-refractivity contribution in [3.63, 3.8) is 0 Å². The van der Waals surface area contributed by atoms with Gasteiger partial charge < -0.3 is 10.1 Å². The van der Waals surface area contributed by atoms with Crippen LogP contribution in [0.2, 0.25) is 0 Å². The Bertz CT molecular complexity index is 857. The smallest absolute Gasteiger partial charge is 0.240 e. The molecule has 0 aliphatic carbocycles. The average molecular weight is 389 g/mol. The Kier molecular flexibility index (Phi) is 6.65. The minimum Gasteiger partial charge on any atom is -0.377 e. The molecule has 0 radical (unpaired) electrons. The fourth-order valence-electron chi connectivity index (χ4n) is 3.14. The van der Waals surface area contributed by atoms with E-state index in [9.17, 15) is 8.42 Å². The van der Waals surface area contributed by atoms with Gasteiger partial charge in [0.15, 0.2) is 0 Å². The normalized spacial score (nSPS) is 17.3. The van der Waals surface area contributed by atoms with Gasteiger partial charge in [-0.15, -0.1) is 0 Å². The molecular weight excluding hydrogens is 360 g/mol. The minimum atomic E-state index is -3.49.